The Morgan fingerprint density at radius 3 is 2.95 bits per heavy atom. The number of anilines is 1. The van der Waals surface area contributed by atoms with Gasteiger partial charge in [0.15, 0.2) is 0 Å². The number of piperidine rings is 1. The summed E-state index contributed by atoms with van der Waals surface area (Å²) in [6.07, 6.45) is 3.82. The van der Waals surface area contributed by atoms with Crippen molar-refractivity contribution in [3.05, 3.63) is 23.4 Å². The molecule has 1 atom stereocenters. The van der Waals surface area contributed by atoms with Crippen molar-refractivity contribution < 1.29 is 4.79 Å². The van der Waals surface area contributed by atoms with E-state index < -0.39 is 0 Å². The number of piperazine rings is 1. The number of aryl methyl sites for hydroxylation is 1. The summed E-state index contributed by atoms with van der Waals surface area (Å²) >= 11 is 0. The Morgan fingerprint density at radius 1 is 1.29 bits per heavy atom. The van der Waals surface area contributed by atoms with Gasteiger partial charge in [-0.05, 0) is 38.4 Å². The zero-order valence-corrected chi connectivity index (χ0v) is 12.9. The van der Waals surface area contributed by atoms with E-state index in [-0.39, 0.29) is 5.91 Å². The van der Waals surface area contributed by atoms with Crippen molar-refractivity contribution in [1.82, 2.24) is 14.8 Å². The summed E-state index contributed by atoms with van der Waals surface area (Å²) in [7, 11) is 1.83. The van der Waals surface area contributed by atoms with Gasteiger partial charge in [-0.25, -0.2) is 4.98 Å². The van der Waals surface area contributed by atoms with Gasteiger partial charge in [0.25, 0.3) is 5.91 Å². The molecule has 0 spiro atoms. The first kappa shape index (κ1) is 14.3. The molecular formula is C16H24N4O. The number of hydrogen-bond donors (Lipinski definition) is 1. The summed E-state index contributed by atoms with van der Waals surface area (Å²) in [5.74, 6) is 0.900. The van der Waals surface area contributed by atoms with Gasteiger partial charge in [-0.2, -0.15) is 0 Å². The SMILES string of the molecule is CNc1cc(C(=O)N2CCN3CCCCC3C2)cc(C)n1. The standard InChI is InChI=1S/C16H24N4O/c1-12-9-13(10-15(17-2)18-12)16(21)20-8-7-19-6-4-3-5-14(19)11-20/h9-10,14H,3-8,11H2,1-2H3,(H,17,18). The second kappa shape index (κ2) is 6.02. The first-order valence-electron chi connectivity index (χ1n) is 7.87. The lowest BCUT2D eigenvalue weighted by atomic mass is 9.99. The van der Waals surface area contributed by atoms with E-state index in [0.29, 0.717) is 6.04 Å². The van der Waals surface area contributed by atoms with Gasteiger partial charge in [-0.3, -0.25) is 9.69 Å². The number of aromatic nitrogens is 1. The number of amides is 1. The van der Waals surface area contributed by atoms with Crippen LogP contribution in [0.1, 0.15) is 35.3 Å². The van der Waals surface area contributed by atoms with Crippen molar-refractivity contribution in [2.45, 2.75) is 32.2 Å². The molecule has 2 saturated heterocycles. The quantitative estimate of drug-likeness (QED) is 0.900. The smallest absolute Gasteiger partial charge is 0.254 e. The second-order valence-corrected chi connectivity index (χ2v) is 6.07. The fraction of sp³-hybridized carbons (Fsp3) is 0.625. The highest BCUT2D eigenvalue weighted by molar-refractivity contribution is 5.95. The number of nitrogens with zero attached hydrogens (tertiary/aromatic N) is 3. The predicted octanol–water partition coefficient (Wildman–Crippen LogP) is 1.74. The molecule has 1 aromatic heterocycles. The zero-order valence-electron chi connectivity index (χ0n) is 12.9. The van der Waals surface area contributed by atoms with E-state index in [1.165, 1.54) is 25.8 Å². The Hall–Kier alpha value is -1.62. The normalized spacial score (nSPS) is 22.8. The number of hydrogen-bond acceptors (Lipinski definition) is 4. The summed E-state index contributed by atoms with van der Waals surface area (Å²) in [6, 6.07) is 4.29. The van der Waals surface area contributed by atoms with Gasteiger partial charge in [0.1, 0.15) is 5.82 Å². The molecule has 5 heteroatoms. The predicted molar refractivity (Wildman–Crippen MR) is 83.6 cm³/mol. The molecule has 0 aliphatic carbocycles. The van der Waals surface area contributed by atoms with Crippen LogP contribution in [0.4, 0.5) is 5.82 Å². The molecule has 1 aromatic rings. The van der Waals surface area contributed by atoms with Crippen LogP contribution in [-0.2, 0) is 0 Å². The molecule has 2 aliphatic heterocycles. The molecule has 5 nitrogen and oxygen atoms in total. The number of rotatable bonds is 2. The van der Waals surface area contributed by atoms with Gasteiger partial charge < -0.3 is 10.2 Å². The average molecular weight is 288 g/mol. The summed E-state index contributed by atoms with van der Waals surface area (Å²) in [5, 5.41) is 3.02. The monoisotopic (exact) mass is 288 g/mol. The highest BCUT2D eigenvalue weighted by Gasteiger charge is 2.31. The van der Waals surface area contributed by atoms with Crippen LogP contribution >= 0.6 is 0 Å². The largest absolute Gasteiger partial charge is 0.373 e. The third kappa shape index (κ3) is 3.02. The minimum atomic E-state index is 0.141. The van der Waals surface area contributed by atoms with Crippen LogP contribution in [0.2, 0.25) is 0 Å². The average Bonchev–Trinajstić information content (AvgIpc) is 2.53. The molecule has 1 unspecified atom stereocenters. The minimum Gasteiger partial charge on any atom is -0.373 e. The molecule has 0 saturated carbocycles. The van der Waals surface area contributed by atoms with Gasteiger partial charge in [0.05, 0.1) is 0 Å². The molecule has 2 fully saturated rings. The van der Waals surface area contributed by atoms with E-state index in [1.54, 1.807) is 0 Å². The third-order valence-electron chi connectivity index (χ3n) is 4.58. The van der Waals surface area contributed by atoms with Crippen LogP contribution < -0.4 is 5.32 Å². The highest BCUT2D eigenvalue weighted by Crippen LogP contribution is 2.22. The first-order chi connectivity index (χ1) is 10.2. The lowest BCUT2D eigenvalue weighted by Crippen LogP contribution is -2.56. The fourth-order valence-corrected chi connectivity index (χ4v) is 3.44. The van der Waals surface area contributed by atoms with E-state index >= 15 is 0 Å². The van der Waals surface area contributed by atoms with Crippen molar-refractivity contribution in [2.24, 2.45) is 0 Å². The minimum absolute atomic E-state index is 0.141. The Morgan fingerprint density at radius 2 is 2.14 bits per heavy atom. The van der Waals surface area contributed by atoms with Crippen LogP contribution in [0.3, 0.4) is 0 Å². The molecule has 21 heavy (non-hydrogen) atoms. The van der Waals surface area contributed by atoms with Crippen LogP contribution in [0.5, 0.6) is 0 Å². The van der Waals surface area contributed by atoms with Crippen LogP contribution in [-0.4, -0.2) is 60.0 Å². The topological polar surface area (TPSA) is 48.5 Å². The maximum Gasteiger partial charge on any atom is 0.254 e. The molecule has 3 heterocycles. The molecule has 1 N–H and O–H groups in total. The first-order valence-corrected chi connectivity index (χ1v) is 7.87. The van der Waals surface area contributed by atoms with Gasteiger partial charge in [0, 0.05) is 44.0 Å². The summed E-state index contributed by atoms with van der Waals surface area (Å²) < 4.78 is 0. The number of carbonyl (C=O) groups excluding carboxylic acids is 1. The van der Waals surface area contributed by atoms with Crippen LogP contribution in [0.25, 0.3) is 0 Å². The summed E-state index contributed by atoms with van der Waals surface area (Å²) in [6.45, 7) is 5.85. The molecule has 2 aliphatic rings. The van der Waals surface area contributed by atoms with Crippen molar-refractivity contribution in [3.8, 4) is 0 Å². The summed E-state index contributed by atoms with van der Waals surface area (Å²) in [4.78, 5) is 21.7. The Labute approximate surface area is 126 Å². The third-order valence-corrected chi connectivity index (χ3v) is 4.58. The lowest BCUT2D eigenvalue weighted by molar-refractivity contribution is 0.0372. The molecule has 3 rings (SSSR count). The van der Waals surface area contributed by atoms with Gasteiger partial charge >= 0.3 is 0 Å². The number of carbonyl (C=O) groups is 1. The molecule has 0 bridgehead atoms. The van der Waals surface area contributed by atoms with E-state index in [9.17, 15) is 4.79 Å². The van der Waals surface area contributed by atoms with Gasteiger partial charge in [-0.1, -0.05) is 6.42 Å². The Balaban J connectivity index is 1.74. The molecule has 114 valence electrons. The molecule has 0 radical (unpaired) electrons. The molecule has 0 aromatic carbocycles. The summed E-state index contributed by atoms with van der Waals surface area (Å²) in [5.41, 5.74) is 1.62. The van der Waals surface area contributed by atoms with Crippen molar-refractivity contribution >= 4 is 11.7 Å². The van der Waals surface area contributed by atoms with E-state index in [1.807, 2.05) is 31.0 Å². The van der Waals surface area contributed by atoms with Crippen molar-refractivity contribution in [1.29, 1.82) is 0 Å². The van der Waals surface area contributed by atoms with Gasteiger partial charge in [0.2, 0.25) is 0 Å². The zero-order chi connectivity index (χ0) is 14.8. The number of nitrogens with one attached hydrogen (secondary N) is 1. The molecular weight excluding hydrogens is 264 g/mol. The maximum absolute atomic E-state index is 12.7. The second-order valence-electron chi connectivity index (χ2n) is 6.07. The van der Waals surface area contributed by atoms with Crippen molar-refractivity contribution in [2.75, 3.05) is 38.5 Å². The Bertz CT molecular complexity index is 531. The van der Waals surface area contributed by atoms with E-state index in [4.69, 9.17) is 0 Å². The fourth-order valence-electron chi connectivity index (χ4n) is 3.44. The van der Waals surface area contributed by atoms with Crippen LogP contribution in [0.15, 0.2) is 12.1 Å². The van der Waals surface area contributed by atoms with E-state index in [2.05, 4.69) is 15.2 Å². The number of pyridine rings is 1. The highest BCUT2D eigenvalue weighted by atomic mass is 16.2. The lowest BCUT2D eigenvalue weighted by Gasteiger charge is -2.44. The number of fused-ring (bicyclic) bond motifs is 1. The van der Waals surface area contributed by atoms with Crippen LogP contribution in [0, 0.1) is 6.92 Å². The molecule has 1 amide bonds. The van der Waals surface area contributed by atoms with Crippen molar-refractivity contribution in [3.63, 3.8) is 0 Å². The van der Waals surface area contributed by atoms with E-state index in [0.717, 1.165) is 36.7 Å². The Kier molecular flexibility index (Phi) is 4.10. The maximum atomic E-state index is 12.7. The van der Waals surface area contributed by atoms with Gasteiger partial charge in [-0.15, -0.1) is 0 Å².